The van der Waals surface area contributed by atoms with Gasteiger partial charge in [0.15, 0.2) is 0 Å². The van der Waals surface area contributed by atoms with Crippen LogP contribution in [0.25, 0.3) is 11.1 Å². The van der Waals surface area contributed by atoms with Crippen molar-refractivity contribution in [2.75, 3.05) is 13.1 Å². The summed E-state index contributed by atoms with van der Waals surface area (Å²) in [6.07, 6.45) is 0.506. The van der Waals surface area contributed by atoms with Crippen LogP contribution in [0.4, 0.5) is 4.79 Å². The fourth-order valence-electron chi connectivity index (χ4n) is 3.32. The van der Waals surface area contributed by atoms with Crippen molar-refractivity contribution in [3.63, 3.8) is 0 Å². The van der Waals surface area contributed by atoms with E-state index in [0.717, 1.165) is 12.0 Å². The van der Waals surface area contributed by atoms with Crippen molar-refractivity contribution in [2.45, 2.75) is 32.4 Å². The normalized spacial score (nSPS) is 19.5. The minimum Gasteiger partial charge on any atom is -0.393 e. The first-order valence-corrected chi connectivity index (χ1v) is 8.93. The number of hydrogen-bond acceptors (Lipinski definition) is 2. The molecule has 4 heteroatoms. The van der Waals surface area contributed by atoms with Crippen LogP contribution in [0.5, 0.6) is 0 Å². The van der Waals surface area contributed by atoms with E-state index in [0.29, 0.717) is 13.1 Å². The molecule has 0 bridgehead atoms. The lowest BCUT2D eigenvalue weighted by Crippen LogP contribution is -2.40. The molecule has 0 spiro atoms. The Balaban J connectivity index is 1.60. The molecule has 132 valence electrons. The van der Waals surface area contributed by atoms with E-state index in [2.05, 4.69) is 41.7 Å². The monoisotopic (exact) mass is 338 g/mol. The summed E-state index contributed by atoms with van der Waals surface area (Å²) in [5, 5.41) is 12.7. The highest BCUT2D eigenvalue weighted by molar-refractivity contribution is 5.75. The van der Waals surface area contributed by atoms with Gasteiger partial charge in [0.2, 0.25) is 0 Å². The van der Waals surface area contributed by atoms with Gasteiger partial charge >= 0.3 is 6.03 Å². The topological polar surface area (TPSA) is 52.6 Å². The van der Waals surface area contributed by atoms with Crippen molar-refractivity contribution in [1.29, 1.82) is 0 Å². The quantitative estimate of drug-likeness (QED) is 0.890. The molecule has 1 fully saturated rings. The number of nitrogens with zero attached hydrogens (tertiary/aromatic N) is 1. The second-order valence-corrected chi connectivity index (χ2v) is 6.89. The Labute approximate surface area is 149 Å². The first-order chi connectivity index (χ1) is 12.0. The van der Waals surface area contributed by atoms with Gasteiger partial charge < -0.3 is 15.3 Å². The molecule has 4 nitrogen and oxygen atoms in total. The van der Waals surface area contributed by atoms with Gasteiger partial charge in [0.1, 0.15) is 0 Å². The predicted octanol–water partition coefficient (Wildman–Crippen LogP) is 3.83. The van der Waals surface area contributed by atoms with Crippen LogP contribution in [-0.4, -0.2) is 35.2 Å². The number of benzene rings is 2. The summed E-state index contributed by atoms with van der Waals surface area (Å²) in [4.78, 5) is 14.2. The lowest BCUT2D eigenvalue weighted by atomic mass is 10.0. The van der Waals surface area contributed by atoms with E-state index in [9.17, 15) is 9.90 Å². The summed E-state index contributed by atoms with van der Waals surface area (Å²) in [6.45, 7) is 5.13. The third-order valence-electron chi connectivity index (χ3n) is 5.05. The highest BCUT2D eigenvalue weighted by Crippen LogP contribution is 2.23. The first-order valence-electron chi connectivity index (χ1n) is 8.93. The molecule has 3 rings (SSSR count). The molecule has 2 amide bonds. The smallest absolute Gasteiger partial charge is 0.317 e. The van der Waals surface area contributed by atoms with Crippen LogP contribution in [0.1, 0.15) is 31.9 Å². The van der Waals surface area contributed by atoms with Crippen molar-refractivity contribution in [2.24, 2.45) is 5.92 Å². The molecule has 0 radical (unpaired) electrons. The molecular weight excluding hydrogens is 312 g/mol. The molecule has 1 saturated heterocycles. The summed E-state index contributed by atoms with van der Waals surface area (Å²) in [5.74, 6) is 0.186. The van der Waals surface area contributed by atoms with E-state index in [1.807, 2.05) is 25.1 Å². The van der Waals surface area contributed by atoms with Crippen LogP contribution in [-0.2, 0) is 0 Å². The second kappa shape index (κ2) is 7.70. The number of urea groups is 1. The number of rotatable bonds is 4. The summed E-state index contributed by atoms with van der Waals surface area (Å²) in [5.41, 5.74) is 3.44. The molecule has 2 aromatic rings. The maximum atomic E-state index is 12.4. The van der Waals surface area contributed by atoms with Gasteiger partial charge in [-0.25, -0.2) is 4.79 Å². The van der Waals surface area contributed by atoms with Gasteiger partial charge in [-0.3, -0.25) is 0 Å². The van der Waals surface area contributed by atoms with Crippen LogP contribution in [0, 0.1) is 5.92 Å². The second-order valence-electron chi connectivity index (χ2n) is 6.89. The van der Waals surface area contributed by atoms with Crippen LogP contribution in [0.3, 0.4) is 0 Å². The Kier molecular flexibility index (Phi) is 5.39. The fourth-order valence-corrected chi connectivity index (χ4v) is 3.32. The van der Waals surface area contributed by atoms with Crippen LogP contribution >= 0.6 is 0 Å². The molecule has 0 aliphatic carbocycles. The summed E-state index contributed by atoms with van der Waals surface area (Å²) >= 11 is 0. The molecule has 1 heterocycles. The van der Waals surface area contributed by atoms with Crippen LogP contribution in [0.2, 0.25) is 0 Å². The zero-order valence-electron chi connectivity index (χ0n) is 14.9. The lowest BCUT2D eigenvalue weighted by molar-refractivity contribution is 0.129. The highest BCUT2D eigenvalue weighted by Gasteiger charge is 2.29. The zero-order chi connectivity index (χ0) is 17.8. The molecule has 25 heavy (non-hydrogen) atoms. The van der Waals surface area contributed by atoms with Crippen molar-refractivity contribution in [1.82, 2.24) is 10.2 Å². The predicted molar refractivity (Wildman–Crippen MR) is 100 cm³/mol. The average molecular weight is 338 g/mol. The van der Waals surface area contributed by atoms with Gasteiger partial charge in [0.25, 0.3) is 0 Å². The summed E-state index contributed by atoms with van der Waals surface area (Å²) in [7, 11) is 0. The number of amides is 2. The molecule has 3 atom stereocenters. The van der Waals surface area contributed by atoms with Gasteiger partial charge in [0.05, 0.1) is 12.1 Å². The standard InChI is InChI=1S/C21H26N2O2/c1-15(22-21(25)23-13-12-20(14-23)16(2)24)17-8-10-19(11-9-17)18-6-4-3-5-7-18/h3-11,15-16,20,24H,12-14H2,1-2H3,(H,22,25)/t15-,16-,20-/m0/s1. The minimum atomic E-state index is -0.360. The Morgan fingerprint density at radius 2 is 1.72 bits per heavy atom. The van der Waals surface area contributed by atoms with E-state index in [4.69, 9.17) is 0 Å². The van der Waals surface area contributed by atoms with E-state index in [1.165, 1.54) is 11.1 Å². The Bertz CT molecular complexity index is 698. The zero-order valence-corrected chi connectivity index (χ0v) is 14.9. The van der Waals surface area contributed by atoms with Crippen LogP contribution in [0.15, 0.2) is 54.6 Å². The van der Waals surface area contributed by atoms with E-state index >= 15 is 0 Å². The van der Waals surface area contributed by atoms with E-state index in [-0.39, 0.29) is 24.1 Å². The largest absolute Gasteiger partial charge is 0.393 e. The fraction of sp³-hybridized carbons (Fsp3) is 0.381. The van der Waals surface area contributed by atoms with Crippen LogP contribution < -0.4 is 5.32 Å². The third kappa shape index (κ3) is 4.20. The highest BCUT2D eigenvalue weighted by atomic mass is 16.3. The molecule has 1 aliphatic heterocycles. The molecule has 0 unspecified atom stereocenters. The van der Waals surface area contributed by atoms with Gasteiger partial charge in [-0.2, -0.15) is 0 Å². The van der Waals surface area contributed by atoms with Crippen molar-refractivity contribution in [3.05, 3.63) is 60.2 Å². The van der Waals surface area contributed by atoms with E-state index in [1.54, 1.807) is 11.8 Å². The van der Waals surface area contributed by atoms with Crippen molar-refractivity contribution >= 4 is 6.03 Å². The number of carbonyl (C=O) groups is 1. The summed E-state index contributed by atoms with van der Waals surface area (Å²) in [6, 6.07) is 18.5. The maximum Gasteiger partial charge on any atom is 0.317 e. The molecule has 1 aliphatic rings. The number of hydrogen-bond donors (Lipinski definition) is 2. The molecule has 2 N–H and O–H groups in total. The van der Waals surface area contributed by atoms with Gasteiger partial charge in [-0.15, -0.1) is 0 Å². The lowest BCUT2D eigenvalue weighted by Gasteiger charge is -2.22. The number of aliphatic hydroxyl groups is 1. The number of likely N-dealkylation sites (tertiary alicyclic amines) is 1. The maximum absolute atomic E-state index is 12.4. The SMILES string of the molecule is C[C@H](NC(=O)N1CC[C@H]([C@H](C)O)C1)c1ccc(-c2ccccc2)cc1. The summed E-state index contributed by atoms with van der Waals surface area (Å²) < 4.78 is 0. The van der Waals surface area contributed by atoms with Crippen molar-refractivity contribution < 1.29 is 9.90 Å². The molecule has 0 saturated carbocycles. The van der Waals surface area contributed by atoms with Crippen molar-refractivity contribution in [3.8, 4) is 11.1 Å². The third-order valence-corrected chi connectivity index (χ3v) is 5.05. The van der Waals surface area contributed by atoms with Gasteiger partial charge in [-0.05, 0) is 37.0 Å². The Morgan fingerprint density at radius 1 is 1.08 bits per heavy atom. The van der Waals surface area contributed by atoms with Gasteiger partial charge in [0, 0.05) is 19.0 Å². The molecule has 0 aromatic heterocycles. The molecular formula is C21H26N2O2. The Morgan fingerprint density at radius 3 is 2.32 bits per heavy atom. The molecule has 2 aromatic carbocycles. The average Bonchev–Trinajstić information content (AvgIpc) is 3.13. The number of aliphatic hydroxyl groups excluding tert-OH is 1. The number of nitrogens with one attached hydrogen (secondary N) is 1. The Hall–Kier alpha value is -2.33. The van der Waals surface area contributed by atoms with Gasteiger partial charge in [-0.1, -0.05) is 54.6 Å². The number of carbonyl (C=O) groups excluding carboxylic acids is 1. The minimum absolute atomic E-state index is 0.0528. The van der Waals surface area contributed by atoms with E-state index < -0.39 is 0 Å². The first kappa shape index (κ1) is 17.5.